The molecule has 1 atom stereocenters. The molecular formula is C19H21N5O. The Kier molecular flexibility index (Phi) is 5.41. The van der Waals surface area contributed by atoms with E-state index in [-0.39, 0.29) is 12.1 Å². The maximum Gasteiger partial charge on any atom is 0.315 e. The summed E-state index contributed by atoms with van der Waals surface area (Å²) in [5.74, 6) is 0. The molecule has 0 radical (unpaired) electrons. The van der Waals surface area contributed by atoms with Crippen LogP contribution in [0.3, 0.4) is 0 Å². The van der Waals surface area contributed by atoms with E-state index in [1.807, 2.05) is 61.5 Å². The summed E-state index contributed by atoms with van der Waals surface area (Å²) in [4.78, 5) is 16.0. The number of amides is 2. The lowest BCUT2D eigenvalue weighted by Gasteiger charge is -2.15. The monoisotopic (exact) mass is 335 g/mol. The lowest BCUT2D eigenvalue weighted by Crippen LogP contribution is -2.36. The molecule has 3 rings (SSSR count). The van der Waals surface area contributed by atoms with Gasteiger partial charge < -0.3 is 10.6 Å². The zero-order chi connectivity index (χ0) is 17.5. The summed E-state index contributed by atoms with van der Waals surface area (Å²) in [6.07, 6.45) is 3.21. The number of rotatable bonds is 6. The van der Waals surface area contributed by atoms with E-state index >= 15 is 0 Å². The van der Waals surface area contributed by atoms with Gasteiger partial charge in [0.05, 0.1) is 12.6 Å². The largest absolute Gasteiger partial charge is 0.334 e. The third-order valence-electron chi connectivity index (χ3n) is 3.93. The summed E-state index contributed by atoms with van der Waals surface area (Å²) in [5, 5.41) is 9.91. The summed E-state index contributed by atoms with van der Waals surface area (Å²) in [7, 11) is 0. The Bertz CT molecular complexity index is 784. The first-order valence-electron chi connectivity index (χ1n) is 8.20. The van der Waals surface area contributed by atoms with Gasteiger partial charge in [-0.25, -0.2) is 14.5 Å². The lowest BCUT2D eigenvalue weighted by molar-refractivity contribution is 0.237. The predicted octanol–water partition coefficient (Wildman–Crippen LogP) is 2.89. The van der Waals surface area contributed by atoms with Gasteiger partial charge in [-0.05, 0) is 23.6 Å². The van der Waals surface area contributed by atoms with Crippen molar-refractivity contribution in [2.24, 2.45) is 0 Å². The number of benzene rings is 2. The van der Waals surface area contributed by atoms with Gasteiger partial charge in [0.15, 0.2) is 0 Å². The van der Waals surface area contributed by atoms with Crippen molar-refractivity contribution in [2.75, 3.05) is 0 Å². The van der Waals surface area contributed by atoms with Crippen LogP contribution in [-0.4, -0.2) is 20.8 Å². The molecule has 1 unspecified atom stereocenters. The molecule has 3 aromatic rings. The lowest BCUT2D eigenvalue weighted by atomic mass is 10.1. The van der Waals surface area contributed by atoms with Crippen LogP contribution in [-0.2, 0) is 13.1 Å². The van der Waals surface area contributed by atoms with Crippen molar-refractivity contribution in [3.05, 3.63) is 83.9 Å². The SMILES string of the molecule is CC(NC(=O)NCc1ccc(Cn2cncn2)cc1)c1ccccc1. The van der Waals surface area contributed by atoms with Crippen LogP contribution < -0.4 is 10.6 Å². The normalized spacial score (nSPS) is 11.7. The van der Waals surface area contributed by atoms with Crippen LogP contribution in [0.25, 0.3) is 0 Å². The van der Waals surface area contributed by atoms with E-state index in [1.54, 1.807) is 11.0 Å². The van der Waals surface area contributed by atoms with Gasteiger partial charge in [-0.15, -0.1) is 0 Å². The molecule has 25 heavy (non-hydrogen) atoms. The predicted molar refractivity (Wildman–Crippen MR) is 95.8 cm³/mol. The van der Waals surface area contributed by atoms with E-state index in [2.05, 4.69) is 20.7 Å². The third-order valence-corrected chi connectivity index (χ3v) is 3.93. The molecule has 0 bridgehead atoms. The van der Waals surface area contributed by atoms with Crippen molar-refractivity contribution in [3.63, 3.8) is 0 Å². The molecule has 0 aliphatic heterocycles. The second kappa shape index (κ2) is 8.10. The molecule has 1 aromatic heterocycles. The summed E-state index contributed by atoms with van der Waals surface area (Å²) in [6, 6.07) is 17.8. The zero-order valence-electron chi connectivity index (χ0n) is 14.1. The Hall–Kier alpha value is -3.15. The first kappa shape index (κ1) is 16.7. The Labute approximate surface area is 146 Å². The summed E-state index contributed by atoms with van der Waals surface area (Å²) in [6.45, 7) is 3.13. The Morgan fingerprint density at radius 2 is 1.80 bits per heavy atom. The van der Waals surface area contributed by atoms with E-state index < -0.39 is 0 Å². The number of aromatic nitrogens is 3. The van der Waals surface area contributed by atoms with Crippen LogP contribution in [0.4, 0.5) is 4.79 Å². The zero-order valence-corrected chi connectivity index (χ0v) is 14.1. The number of hydrogen-bond donors (Lipinski definition) is 2. The Morgan fingerprint density at radius 1 is 1.08 bits per heavy atom. The van der Waals surface area contributed by atoms with E-state index in [0.717, 1.165) is 16.7 Å². The quantitative estimate of drug-likeness (QED) is 0.727. The molecule has 6 heteroatoms. The van der Waals surface area contributed by atoms with E-state index in [0.29, 0.717) is 13.1 Å². The van der Waals surface area contributed by atoms with Gasteiger partial charge in [-0.1, -0.05) is 54.6 Å². The second-order valence-corrected chi connectivity index (χ2v) is 5.87. The van der Waals surface area contributed by atoms with Crippen molar-refractivity contribution in [3.8, 4) is 0 Å². The molecular weight excluding hydrogens is 314 g/mol. The smallest absolute Gasteiger partial charge is 0.315 e. The third kappa shape index (κ3) is 4.91. The highest BCUT2D eigenvalue weighted by atomic mass is 16.2. The number of hydrogen-bond acceptors (Lipinski definition) is 3. The van der Waals surface area contributed by atoms with Crippen LogP contribution >= 0.6 is 0 Å². The summed E-state index contributed by atoms with van der Waals surface area (Å²) in [5.41, 5.74) is 3.26. The molecule has 128 valence electrons. The maximum absolute atomic E-state index is 12.0. The first-order valence-corrected chi connectivity index (χ1v) is 8.20. The topological polar surface area (TPSA) is 71.8 Å². The second-order valence-electron chi connectivity index (χ2n) is 5.87. The van der Waals surface area contributed by atoms with Gasteiger partial charge in [-0.3, -0.25) is 0 Å². The fraction of sp³-hybridized carbons (Fsp3) is 0.211. The van der Waals surface area contributed by atoms with Crippen LogP contribution in [0.5, 0.6) is 0 Å². The first-order chi connectivity index (χ1) is 12.2. The molecule has 0 aliphatic carbocycles. The Balaban J connectivity index is 1.47. The molecule has 0 saturated carbocycles. The van der Waals surface area contributed by atoms with Crippen molar-refractivity contribution in [1.82, 2.24) is 25.4 Å². The molecule has 0 saturated heterocycles. The van der Waals surface area contributed by atoms with Crippen molar-refractivity contribution in [1.29, 1.82) is 0 Å². The molecule has 0 spiro atoms. The number of nitrogens with zero attached hydrogens (tertiary/aromatic N) is 3. The maximum atomic E-state index is 12.0. The average Bonchev–Trinajstić information content (AvgIpc) is 3.15. The molecule has 6 nitrogen and oxygen atoms in total. The molecule has 1 heterocycles. The van der Waals surface area contributed by atoms with Crippen molar-refractivity contribution >= 4 is 6.03 Å². The van der Waals surface area contributed by atoms with Gasteiger partial charge in [-0.2, -0.15) is 5.10 Å². The molecule has 2 amide bonds. The minimum atomic E-state index is -0.178. The fourth-order valence-electron chi connectivity index (χ4n) is 2.52. The standard InChI is InChI=1S/C19H21N5O/c1-15(18-5-3-2-4-6-18)23-19(25)21-11-16-7-9-17(10-8-16)12-24-14-20-13-22-24/h2-10,13-15H,11-12H2,1H3,(H2,21,23,25). The highest BCUT2D eigenvalue weighted by Gasteiger charge is 2.08. The summed E-state index contributed by atoms with van der Waals surface area (Å²) >= 11 is 0. The van der Waals surface area contributed by atoms with Gasteiger partial charge in [0.25, 0.3) is 0 Å². The van der Waals surface area contributed by atoms with Crippen molar-refractivity contribution in [2.45, 2.75) is 26.1 Å². The minimum Gasteiger partial charge on any atom is -0.334 e. The van der Waals surface area contributed by atoms with E-state index in [1.165, 1.54) is 6.33 Å². The highest BCUT2D eigenvalue weighted by molar-refractivity contribution is 5.74. The van der Waals surface area contributed by atoms with E-state index in [9.17, 15) is 4.79 Å². The highest BCUT2D eigenvalue weighted by Crippen LogP contribution is 2.11. The number of carbonyl (C=O) groups is 1. The van der Waals surface area contributed by atoms with Crippen LogP contribution in [0.2, 0.25) is 0 Å². The van der Waals surface area contributed by atoms with Gasteiger partial charge in [0.1, 0.15) is 12.7 Å². The van der Waals surface area contributed by atoms with Crippen molar-refractivity contribution < 1.29 is 4.79 Å². The van der Waals surface area contributed by atoms with Gasteiger partial charge >= 0.3 is 6.03 Å². The minimum absolute atomic E-state index is 0.0359. The van der Waals surface area contributed by atoms with Crippen LogP contribution in [0, 0.1) is 0 Å². The van der Waals surface area contributed by atoms with Gasteiger partial charge in [0.2, 0.25) is 0 Å². The number of carbonyl (C=O) groups excluding carboxylic acids is 1. The molecule has 0 aliphatic rings. The molecule has 2 N–H and O–H groups in total. The summed E-state index contributed by atoms with van der Waals surface area (Å²) < 4.78 is 1.77. The molecule has 2 aromatic carbocycles. The number of nitrogens with one attached hydrogen (secondary N) is 2. The number of urea groups is 1. The Morgan fingerprint density at radius 3 is 2.48 bits per heavy atom. The van der Waals surface area contributed by atoms with Gasteiger partial charge in [0, 0.05) is 6.54 Å². The fourth-order valence-corrected chi connectivity index (χ4v) is 2.52. The van der Waals surface area contributed by atoms with E-state index in [4.69, 9.17) is 0 Å². The average molecular weight is 335 g/mol. The molecule has 0 fully saturated rings. The van der Waals surface area contributed by atoms with Crippen LogP contribution in [0.1, 0.15) is 29.7 Å². The van der Waals surface area contributed by atoms with Crippen LogP contribution in [0.15, 0.2) is 67.3 Å².